The average molecular weight is 217 g/mol. The molecular weight excluding hydrogens is 206 g/mol. The fourth-order valence-electron chi connectivity index (χ4n) is 1.23. The van der Waals surface area contributed by atoms with Crippen LogP contribution in [-0.2, 0) is 9.53 Å². The number of hydrogen-bond acceptors (Lipinski definition) is 3. The molecule has 0 aliphatic carbocycles. The van der Waals surface area contributed by atoms with Crippen LogP contribution in [0.15, 0.2) is 35.9 Å². The van der Waals surface area contributed by atoms with E-state index < -0.39 is 5.97 Å². The lowest BCUT2D eigenvalue weighted by atomic mass is 10.1. The Morgan fingerprint density at radius 3 is 2.50 bits per heavy atom. The molecule has 0 fully saturated rings. The van der Waals surface area contributed by atoms with E-state index >= 15 is 0 Å². The maximum Gasteiger partial charge on any atom is 0.350 e. The van der Waals surface area contributed by atoms with Crippen molar-refractivity contribution in [3.8, 4) is 6.07 Å². The van der Waals surface area contributed by atoms with Crippen LogP contribution in [-0.4, -0.2) is 17.7 Å². The number of aliphatic carboxylic acids is 1. The summed E-state index contributed by atoms with van der Waals surface area (Å²) in [5, 5.41) is 17.7. The van der Waals surface area contributed by atoms with E-state index in [2.05, 4.69) is 0 Å². The molecule has 0 amide bonds. The largest absolute Gasteiger partial charge is 0.492 e. The van der Waals surface area contributed by atoms with Gasteiger partial charge >= 0.3 is 5.97 Å². The van der Waals surface area contributed by atoms with Crippen molar-refractivity contribution >= 4 is 11.7 Å². The number of benzene rings is 1. The zero-order valence-electron chi connectivity index (χ0n) is 8.80. The van der Waals surface area contributed by atoms with Crippen LogP contribution in [0, 0.1) is 11.3 Å². The van der Waals surface area contributed by atoms with Crippen molar-refractivity contribution in [1.82, 2.24) is 0 Å². The Kier molecular flexibility index (Phi) is 4.10. The van der Waals surface area contributed by atoms with Crippen LogP contribution < -0.4 is 0 Å². The van der Waals surface area contributed by atoms with Crippen LogP contribution >= 0.6 is 0 Å². The third kappa shape index (κ3) is 2.61. The summed E-state index contributed by atoms with van der Waals surface area (Å²) in [4.78, 5) is 10.9. The Bertz CT molecular complexity index is 443. The zero-order valence-corrected chi connectivity index (χ0v) is 8.80. The molecule has 0 aliphatic rings. The SMILES string of the molecule is CCO/C(=C(/C#N)C(=O)O)c1ccccc1. The Morgan fingerprint density at radius 1 is 1.44 bits per heavy atom. The molecule has 1 rings (SSSR count). The number of nitriles is 1. The van der Waals surface area contributed by atoms with Gasteiger partial charge in [0, 0.05) is 5.56 Å². The molecule has 1 aromatic carbocycles. The van der Waals surface area contributed by atoms with Crippen molar-refractivity contribution in [3.05, 3.63) is 41.5 Å². The third-order valence-electron chi connectivity index (χ3n) is 1.88. The predicted octanol–water partition coefficient (Wildman–Crippen LogP) is 2.04. The van der Waals surface area contributed by atoms with Crippen LogP contribution in [0.4, 0.5) is 0 Å². The van der Waals surface area contributed by atoms with Gasteiger partial charge in [0.25, 0.3) is 0 Å². The standard InChI is InChI=1S/C12H11NO3/c1-2-16-11(10(8-13)12(14)15)9-6-4-3-5-7-9/h3-7H,2H2,1H3,(H,14,15)/b11-10-. The molecule has 0 radical (unpaired) electrons. The van der Waals surface area contributed by atoms with E-state index in [9.17, 15) is 4.79 Å². The molecule has 0 saturated carbocycles. The van der Waals surface area contributed by atoms with Gasteiger partial charge in [0.15, 0.2) is 11.3 Å². The van der Waals surface area contributed by atoms with Gasteiger partial charge in [0.2, 0.25) is 0 Å². The number of ether oxygens (including phenoxy) is 1. The zero-order chi connectivity index (χ0) is 12.0. The van der Waals surface area contributed by atoms with Crippen molar-refractivity contribution in [2.24, 2.45) is 0 Å². The highest BCUT2D eigenvalue weighted by molar-refractivity contribution is 5.99. The van der Waals surface area contributed by atoms with Gasteiger partial charge in [-0.25, -0.2) is 4.79 Å². The second-order valence-corrected chi connectivity index (χ2v) is 2.92. The molecule has 0 heterocycles. The summed E-state index contributed by atoms with van der Waals surface area (Å²) in [6.07, 6.45) is 0. The quantitative estimate of drug-likeness (QED) is 0.476. The lowest BCUT2D eigenvalue weighted by Crippen LogP contribution is -2.05. The monoisotopic (exact) mass is 217 g/mol. The summed E-state index contributed by atoms with van der Waals surface area (Å²) in [5.41, 5.74) is 0.205. The number of hydrogen-bond donors (Lipinski definition) is 1. The van der Waals surface area contributed by atoms with Gasteiger partial charge in [0.1, 0.15) is 6.07 Å². The van der Waals surface area contributed by atoms with Gasteiger partial charge in [-0.15, -0.1) is 0 Å². The second-order valence-electron chi connectivity index (χ2n) is 2.92. The van der Waals surface area contributed by atoms with Gasteiger partial charge in [0.05, 0.1) is 6.61 Å². The van der Waals surface area contributed by atoms with Gasteiger partial charge in [-0.3, -0.25) is 0 Å². The molecule has 0 aromatic heterocycles. The summed E-state index contributed by atoms with van der Waals surface area (Å²) in [5.74, 6) is -1.17. The highest BCUT2D eigenvalue weighted by atomic mass is 16.5. The van der Waals surface area contributed by atoms with E-state index in [0.29, 0.717) is 12.2 Å². The molecular formula is C12H11NO3. The van der Waals surface area contributed by atoms with Crippen LogP contribution in [0.1, 0.15) is 12.5 Å². The molecule has 4 heteroatoms. The van der Waals surface area contributed by atoms with Crippen molar-refractivity contribution in [2.75, 3.05) is 6.61 Å². The molecule has 0 spiro atoms. The first-order valence-electron chi connectivity index (χ1n) is 4.76. The van der Waals surface area contributed by atoms with Crippen molar-refractivity contribution in [2.45, 2.75) is 6.92 Å². The fourth-order valence-corrected chi connectivity index (χ4v) is 1.23. The summed E-state index contributed by atoms with van der Waals surface area (Å²) >= 11 is 0. The van der Waals surface area contributed by atoms with Crippen LogP contribution in [0.25, 0.3) is 5.76 Å². The smallest absolute Gasteiger partial charge is 0.350 e. The third-order valence-corrected chi connectivity index (χ3v) is 1.88. The first-order valence-corrected chi connectivity index (χ1v) is 4.76. The number of carboxylic acid groups (broad SMARTS) is 1. The summed E-state index contributed by atoms with van der Waals surface area (Å²) in [6, 6.07) is 10.4. The van der Waals surface area contributed by atoms with Crippen LogP contribution in [0.3, 0.4) is 0 Å². The summed E-state index contributed by atoms with van der Waals surface area (Å²) in [6.45, 7) is 2.04. The molecule has 4 nitrogen and oxygen atoms in total. The van der Waals surface area contributed by atoms with E-state index in [1.807, 2.05) is 0 Å². The highest BCUT2D eigenvalue weighted by Gasteiger charge is 2.16. The maximum atomic E-state index is 10.9. The Hall–Kier alpha value is -2.28. The minimum atomic E-state index is -1.28. The minimum Gasteiger partial charge on any atom is -0.492 e. The average Bonchev–Trinajstić information content (AvgIpc) is 2.29. The summed E-state index contributed by atoms with van der Waals surface area (Å²) < 4.78 is 5.22. The highest BCUT2D eigenvalue weighted by Crippen LogP contribution is 2.19. The van der Waals surface area contributed by atoms with Gasteiger partial charge in [-0.1, -0.05) is 30.3 Å². The predicted molar refractivity (Wildman–Crippen MR) is 58.2 cm³/mol. The molecule has 0 saturated heterocycles. The van der Waals surface area contributed by atoms with Crippen LogP contribution in [0.5, 0.6) is 0 Å². The first kappa shape index (κ1) is 11.8. The Labute approximate surface area is 93.4 Å². The molecule has 16 heavy (non-hydrogen) atoms. The Balaban J connectivity index is 3.29. The van der Waals surface area contributed by atoms with Crippen molar-refractivity contribution < 1.29 is 14.6 Å². The molecule has 0 unspecified atom stereocenters. The van der Waals surface area contributed by atoms with Crippen LogP contribution in [0.2, 0.25) is 0 Å². The molecule has 1 aromatic rings. The lowest BCUT2D eigenvalue weighted by Gasteiger charge is -2.09. The van der Waals surface area contributed by atoms with E-state index in [0.717, 1.165) is 0 Å². The number of carbonyl (C=O) groups is 1. The van der Waals surface area contributed by atoms with E-state index in [1.54, 1.807) is 43.3 Å². The molecule has 0 aliphatic heterocycles. The topological polar surface area (TPSA) is 70.3 Å². The minimum absolute atomic E-state index is 0.109. The van der Waals surface area contributed by atoms with Crippen molar-refractivity contribution in [1.29, 1.82) is 5.26 Å². The number of rotatable bonds is 4. The molecule has 1 N–H and O–H groups in total. The lowest BCUT2D eigenvalue weighted by molar-refractivity contribution is -0.132. The first-order chi connectivity index (χ1) is 7.70. The van der Waals surface area contributed by atoms with Crippen molar-refractivity contribution in [3.63, 3.8) is 0 Å². The second kappa shape index (κ2) is 5.56. The van der Waals surface area contributed by atoms with E-state index in [1.165, 1.54) is 0 Å². The maximum absolute atomic E-state index is 10.9. The molecule has 0 atom stereocenters. The van der Waals surface area contributed by atoms with Gasteiger partial charge in [-0.2, -0.15) is 5.26 Å². The molecule has 0 bridgehead atoms. The number of carboxylic acids is 1. The van der Waals surface area contributed by atoms with Gasteiger partial charge < -0.3 is 9.84 Å². The van der Waals surface area contributed by atoms with E-state index in [4.69, 9.17) is 15.1 Å². The summed E-state index contributed by atoms with van der Waals surface area (Å²) in [7, 11) is 0. The Morgan fingerprint density at radius 2 is 2.06 bits per heavy atom. The normalized spacial score (nSPS) is 11.2. The van der Waals surface area contributed by atoms with Gasteiger partial charge in [-0.05, 0) is 6.92 Å². The van der Waals surface area contributed by atoms with E-state index in [-0.39, 0.29) is 11.3 Å². The fraction of sp³-hybridized carbons (Fsp3) is 0.167. The number of nitrogens with zero attached hydrogens (tertiary/aromatic N) is 1. The molecule has 82 valence electrons.